The minimum Gasteiger partial charge on any atom is -0.497 e. The van der Waals surface area contributed by atoms with Gasteiger partial charge < -0.3 is 19.4 Å². The summed E-state index contributed by atoms with van der Waals surface area (Å²) in [5.41, 5.74) is 1.78. The van der Waals surface area contributed by atoms with Crippen LogP contribution in [0.1, 0.15) is 10.4 Å². The van der Waals surface area contributed by atoms with Gasteiger partial charge in [0.05, 0.1) is 36.7 Å². The van der Waals surface area contributed by atoms with Gasteiger partial charge in [-0.3, -0.25) is 9.59 Å². The monoisotopic (exact) mass is 404 g/mol. The van der Waals surface area contributed by atoms with Gasteiger partial charge in [-0.2, -0.15) is 9.78 Å². The predicted octanol–water partition coefficient (Wildman–Crippen LogP) is 2.95. The van der Waals surface area contributed by atoms with Gasteiger partial charge in [0.25, 0.3) is 11.5 Å². The number of para-hydroxylation sites is 1. The molecule has 2 aliphatic heterocycles. The number of fused-ring (bicyclic) bond motifs is 1. The van der Waals surface area contributed by atoms with Gasteiger partial charge in [-0.1, -0.05) is 18.2 Å². The first-order valence-electron chi connectivity index (χ1n) is 9.19. The molecule has 8 heteroatoms. The van der Waals surface area contributed by atoms with E-state index in [1.807, 2.05) is 18.2 Å². The highest BCUT2D eigenvalue weighted by Gasteiger charge is 2.24. The Morgan fingerprint density at radius 2 is 1.80 bits per heavy atom. The van der Waals surface area contributed by atoms with E-state index in [9.17, 15) is 9.59 Å². The van der Waals surface area contributed by atoms with Gasteiger partial charge in [-0.15, -0.1) is 0 Å². The summed E-state index contributed by atoms with van der Waals surface area (Å²) < 4.78 is 13.5. The fraction of sp³-hybridized carbons (Fsp3) is 0.136. The molecule has 8 nitrogen and oxygen atoms in total. The third-order valence-corrected chi connectivity index (χ3v) is 4.70. The molecule has 2 aromatic carbocycles. The summed E-state index contributed by atoms with van der Waals surface area (Å²) in [6, 6.07) is 14.2. The van der Waals surface area contributed by atoms with Crippen LogP contribution < -0.4 is 20.3 Å². The molecule has 0 atom stereocenters. The van der Waals surface area contributed by atoms with Crippen LogP contribution in [-0.4, -0.2) is 34.5 Å². The van der Waals surface area contributed by atoms with E-state index in [0.29, 0.717) is 34.1 Å². The maximum absolute atomic E-state index is 13.1. The van der Waals surface area contributed by atoms with Crippen molar-refractivity contribution in [1.82, 2.24) is 14.3 Å². The number of methoxy groups -OCH3 is 2. The standard InChI is InChI=1S/C22H20N4O4/c1-25-12-16(21(27)23-18-10-9-15(29-2)11-19(18)30-3)20-17(13-25)22(28)26(24-20)14-7-5-4-6-8-14/h4-13H,1-3H3,(H,23,27). The fourth-order valence-corrected chi connectivity index (χ4v) is 3.24. The molecular weight excluding hydrogens is 384 g/mol. The molecule has 0 radical (unpaired) electrons. The van der Waals surface area contributed by atoms with Gasteiger partial charge in [-0.05, 0) is 24.3 Å². The lowest BCUT2D eigenvalue weighted by Gasteiger charge is -2.13. The average Bonchev–Trinajstić information content (AvgIpc) is 3.10. The molecule has 0 spiro atoms. The van der Waals surface area contributed by atoms with Gasteiger partial charge in [-0.25, -0.2) is 0 Å². The van der Waals surface area contributed by atoms with Crippen molar-refractivity contribution in [3.8, 4) is 28.4 Å². The largest absolute Gasteiger partial charge is 0.497 e. The van der Waals surface area contributed by atoms with Crippen molar-refractivity contribution < 1.29 is 14.3 Å². The quantitative estimate of drug-likeness (QED) is 0.553. The molecule has 1 amide bonds. The molecule has 0 unspecified atom stereocenters. The maximum atomic E-state index is 13.1. The first-order chi connectivity index (χ1) is 14.5. The Morgan fingerprint density at radius 1 is 1.03 bits per heavy atom. The second-order valence-electron chi connectivity index (χ2n) is 6.67. The number of nitrogens with zero attached hydrogens (tertiary/aromatic N) is 3. The van der Waals surface area contributed by atoms with Gasteiger partial charge in [0.1, 0.15) is 17.2 Å². The Kier molecular flexibility index (Phi) is 4.97. The second kappa shape index (κ2) is 7.75. The van der Waals surface area contributed by atoms with Crippen LogP contribution in [0.5, 0.6) is 11.5 Å². The van der Waals surface area contributed by atoms with E-state index in [0.717, 1.165) is 0 Å². The van der Waals surface area contributed by atoms with Crippen LogP contribution >= 0.6 is 0 Å². The van der Waals surface area contributed by atoms with Gasteiger partial charge >= 0.3 is 0 Å². The van der Waals surface area contributed by atoms with Crippen LogP contribution in [0.2, 0.25) is 0 Å². The molecule has 1 N–H and O–H groups in total. The summed E-state index contributed by atoms with van der Waals surface area (Å²) in [6.45, 7) is 0. The molecule has 152 valence electrons. The summed E-state index contributed by atoms with van der Waals surface area (Å²) in [5.74, 6) is 0.659. The van der Waals surface area contributed by atoms with Crippen LogP contribution in [0.4, 0.5) is 5.69 Å². The lowest BCUT2D eigenvalue weighted by Crippen LogP contribution is -2.17. The summed E-state index contributed by atoms with van der Waals surface area (Å²) in [4.78, 5) is 26.0. The number of benzene rings is 2. The van der Waals surface area contributed by atoms with E-state index in [-0.39, 0.29) is 11.1 Å². The zero-order valence-corrected chi connectivity index (χ0v) is 16.7. The molecule has 2 aliphatic rings. The molecule has 30 heavy (non-hydrogen) atoms. The van der Waals surface area contributed by atoms with Crippen molar-refractivity contribution in [3.05, 3.63) is 76.8 Å². The van der Waals surface area contributed by atoms with E-state index >= 15 is 0 Å². The van der Waals surface area contributed by atoms with Crippen LogP contribution in [0, 0.1) is 0 Å². The zero-order chi connectivity index (χ0) is 21.3. The summed E-state index contributed by atoms with van der Waals surface area (Å²) in [6.07, 6.45) is 3.30. The van der Waals surface area contributed by atoms with E-state index in [2.05, 4.69) is 10.4 Å². The predicted molar refractivity (Wildman–Crippen MR) is 113 cm³/mol. The molecule has 2 aromatic rings. The number of rotatable bonds is 5. The first-order valence-corrected chi connectivity index (χ1v) is 9.19. The first kappa shape index (κ1) is 19.3. The topological polar surface area (TPSA) is 87.4 Å². The Balaban J connectivity index is 1.77. The van der Waals surface area contributed by atoms with Crippen LogP contribution in [0.15, 0.2) is 65.7 Å². The van der Waals surface area contributed by atoms with Gasteiger partial charge in [0, 0.05) is 25.5 Å². The summed E-state index contributed by atoms with van der Waals surface area (Å²) in [5, 5.41) is 7.27. The number of anilines is 1. The number of aromatic nitrogens is 3. The zero-order valence-electron chi connectivity index (χ0n) is 16.7. The normalized spacial score (nSPS) is 10.8. The van der Waals surface area contributed by atoms with Crippen molar-refractivity contribution >= 4 is 11.6 Å². The Hall–Kier alpha value is -4.07. The maximum Gasteiger partial charge on any atom is 0.282 e. The number of amides is 1. The molecule has 0 aliphatic carbocycles. The number of nitrogens with one attached hydrogen (secondary N) is 1. The fourth-order valence-electron chi connectivity index (χ4n) is 3.24. The number of hydrogen-bond donors (Lipinski definition) is 1. The van der Waals surface area contributed by atoms with Crippen molar-refractivity contribution in [2.45, 2.75) is 0 Å². The third-order valence-electron chi connectivity index (χ3n) is 4.70. The summed E-state index contributed by atoms with van der Waals surface area (Å²) >= 11 is 0. The molecule has 0 fully saturated rings. The lowest BCUT2D eigenvalue weighted by molar-refractivity contribution is 0.102. The SMILES string of the molecule is COc1ccc(NC(=O)c2cn(C)cc3c(=O)n(-c4ccccc4)nc2-3)c(OC)c1. The number of aryl methyl sites for hydroxylation is 1. The molecule has 4 rings (SSSR count). The van der Waals surface area contributed by atoms with Crippen molar-refractivity contribution in [3.63, 3.8) is 0 Å². The van der Waals surface area contributed by atoms with Gasteiger partial charge in [0.15, 0.2) is 0 Å². The summed E-state index contributed by atoms with van der Waals surface area (Å²) in [7, 11) is 4.82. The van der Waals surface area contributed by atoms with E-state index in [1.54, 1.807) is 61.5 Å². The van der Waals surface area contributed by atoms with Crippen molar-refractivity contribution in [2.24, 2.45) is 7.05 Å². The van der Waals surface area contributed by atoms with Crippen LogP contribution in [-0.2, 0) is 7.05 Å². The van der Waals surface area contributed by atoms with E-state index in [1.165, 1.54) is 11.8 Å². The Bertz CT molecular complexity index is 1240. The van der Waals surface area contributed by atoms with Crippen LogP contribution in [0.25, 0.3) is 16.9 Å². The highest BCUT2D eigenvalue weighted by Crippen LogP contribution is 2.30. The molecule has 0 saturated carbocycles. The molecule has 0 bridgehead atoms. The van der Waals surface area contributed by atoms with E-state index < -0.39 is 5.91 Å². The molecular formula is C22H20N4O4. The Labute approximate surface area is 172 Å². The minimum absolute atomic E-state index is 0.277. The lowest BCUT2D eigenvalue weighted by atomic mass is 10.1. The van der Waals surface area contributed by atoms with Crippen molar-refractivity contribution in [1.29, 1.82) is 0 Å². The van der Waals surface area contributed by atoms with Crippen LogP contribution in [0.3, 0.4) is 0 Å². The number of hydrogen-bond acceptors (Lipinski definition) is 5. The highest BCUT2D eigenvalue weighted by atomic mass is 16.5. The second-order valence-corrected chi connectivity index (χ2v) is 6.67. The van der Waals surface area contributed by atoms with E-state index in [4.69, 9.17) is 9.47 Å². The highest BCUT2D eigenvalue weighted by molar-refractivity contribution is 6.08. The van der Waals surface area contributed by atoms with Crippen molar-refractivity contribution in [2.75, 3.05) is 19.5 Å². The number of carbonyl (C=O) groups excluding carboxylic acids is 1. The molecule has 0 aromatic heterocycles. The minimum atomic E-state index is -0.405. The number of carbonyl (C=O) groups is 1. The number of ether oxygens (including phenoxy) is 2. The average molecular weight is 404 g/mol. The smallest absolute Gasteiger partial charge is 0.282 e. The molecule has 0 saturated heterocycles. The number of pyridine rings is 1. The van der Waals surface area contributed by atoms with Gasteiger partial charge in [0.2, 0.25) is 0 Å². The molecule has 2 heterocycles. The third kappa shape index (κ3) is 3.39. The Morgan fingerprint density at radius 3 is 2.50 bits per heavy atom.